The number of rotatable bonds is 6. The monoisotopic (exact) mass is 1100 g/mol. The third kappa shape index (κ3) is 7.02. The van der Waals surface area contributed by atoms with Crippen LogP contribution in [0.3, 0.4) is 0 Å². The molecule has 11 aromatic carbocycles. The molecule has 16 aromatic rings. The maximum atomic E-state index is 6.61. The molecule has 0 bridgehead atoms. The molecule has 0 aliphatic carbocycles. The van der Waals surface area contributed by atoms with Crippen LogP contribution in [0.2, 0.25) is 0 Å². The van der Waals surface area contributed by atoms with E-state index in [0.29, 0.717) is 0 Å². The Morgan fingerprint density at radius 3 is 1.15 bits per heavy atom. The van der Waals surface area contributed by atoms with Crippen molar-refractivity contribution in [2.45, 2.75) is 51.3 Å². The van der Waals surface area contributed by atoms with Gasteiger partial charge in [-0.15, -0.1) is 0 Å². The molecule has 0 spiro atoms. The average molecular weight is 1100 g/mol. The van der Waals surface area contributed by atoms with Crippen molar-refractivity contribution >= 4 is 116 Å². The SMILES string of the molecule is Cc1ccc2c(c1)c1cc(C)ccc1n2-c1nc(N2c3ccccc3Sc3ccccc32)c(-n2c3ccc(C)cc3c3cc(C)ccc32)c(-c2cccc3c4ccccc4n(-c4ccccc4)c23)c1-n1c2ccc(C)cc2c2cc(C)ccc21. The van der Waals surface area contributed by atoms with Crippen molar-refractivity contribution in [2.75, 3.05) is 4.90 Å². The Morgan fingerprint density at radius 1 is 0.298 bits per heavy atom. The van der Waals surface area contributed by atoms with Crippen LogP contribution < -0.4 is 4.90 Å². The van der Waals surface area contributed by atoms with Crippen molar-refractivity contribution < 1.29 is 0 Å². The van der Waals surface area contributed by atoms with Crippen molar-refractivity contribution in [2.24, 2.45) is 0 Å². The lowest BCUT2D eigenvalue weighted by molar-refractivity contribution is 0.987. The topological polar surface area (TPSA) is 35.9 Å². The van der Waals surface area contributed by atoms with Gasteiger partial charge in [0.2, 0.25) is 0 Å². The van der Waals surface area contributed by atoms with Gasteiger partial charge in [-0.1, -0.05) is 160 Å². The minimum absolute atomic E-state index is 0.810. The van der Waals surface area contributed by atoms with E-state index >= 15 is 0 Å². The first kappa shape index (κ1) is 48.6. The van der Waals surface area contributed by atoms with E-state index in [4.69, 9.17) is 4.98 Å². The summed E-state index contributed by atoms with van der Waals surface area (Å²) in [5.41, 5.74) is 23.4. The number of fused-ring (bicyclic) bond motifs is 14. The summed E-state index contributed by atoms with van der Waals surface area (Å²) in [5.74, 6) is 1.63. The summed E-state index contributed by atoms with van der Waals surface area (Å²) in [5, 5.41) is 9.50. The molecule has 7 heteroatoms. The fourth-order valence-corrected chi connectivity index (χ4v) is 15.1. The summed E-state index contributed by atoms with van der Waals surface area (Å²) in [4.78, 5) is 11.4. The Bertz CT molecular complexity index is 5270. The van der Waals surface area contributed by atoms with E-state index in [1.807, 2.05) is 11.8 Å². The highest BCUT2D eigenvalue weighted by molar-refractivity contribution is 7.99. The number of aryl methyl sites for hydroxylation is 6. The number of anilines is 3. The maximum Gasteiger partial charge on any atom is 0.165 e. The summed E-state index contributed by atoms with van der Waals surface area (Å²) in [7, 11) is 0. The molecule has 0 N–H and O–H groups in total. The number of para-hydroxylation sites is 5. The fraction of sp³-hybridized carbons (Fsp3) is 0.0779. The molecule has 17 rings (SSSR count). The summed E-state index contributed by atoms with van der Waals surface area (Å²) in [6.07, 6.45) is 0. The molecule has 0 saturated heterocycles. The van der Waals surface area contributed by atoms with Gasteiger partial charge in [0.05, 0.1) is 55.5 Å². The van der Waals surface area contributed by atoms with E-state index in [1.165, 1.54) is 76.5 Å². The van der Waals surface area contributed by atoms with Crippen LogP contribution in [0.15, 0.2) is 240 Å². The zero-order valence-electron chi connectivity index (χ0n) is 47.5. The Kier molecular flexibility index (Phi) is 10.5. The number of hydrogen-bond acceptors (Lipinski definition) is 3. The standard InChI is InChI=1S/C77H56N6S/c1-45-27-33-62-55(39-45)56-40-46(2)28-34-63(56)80(62)74-72(54-21-16-20-53-52-19-10-11-22-61(52)79(73(53)54)51-17-8-7-9-18-51)75(81-64-35-29-47(3)41-57(64)58-42-48(4)30-36-65(58)81)77(83-68-23-12-14-25-70(68)84-71-26-15-13-24-69(71)83)78-76(74)82-66-37-31-49(5)43-59(66)60-44-50(6)32-38-67(60)82/h7-44H,1-6H3. The predicted molar refractivity (Wildman–Crippen MR) is 354 cm³/mol. The Labute approximate surface area is 490 Å². The molecule has 0 atom stereocenters. The van der Waals surface area contributed by atoms with Crippen LogP contribution in [0.25, 0.3) is 121 Å². The van der Waals surface area contributed by atoms with Gasteiger partial charge in [-0.2, -0.15) is 0 Å². The van der Waals surface area contributed by atoms with E-state index in [0.717, 1.165) is 105 Å². The molecule has 0 amide bonds. The molecule has 1 aliphatic heterocycles. The molecule has 0 unspecified atom stereocenters. The first-order valence-electron chi connectivity index (χ1n) is 29.0. The summed E-state index contributed by atoms with van der Waals surface area (Å²) in [6, 6.07) is 86.7. The highest BCUT2D eigenvalue weighted by atomic mass is 32.2. The fourth-order valence-electron chi connectivity index (χ4n) is 14.0. The van der Waals surface area contributed by atoms with E-state index in [-0.39, 0.29) is 0 Å². The average Bonchev–Trinajstić information content (AvgIpc) is 1.64. The predicted octanol–water partition coefficient (Wildman–Crippen LogP) is 20.9. The Balaban J connectivity index is 1.22. The van der Waals surface area contributed by atoms with Gasteiger partial charge in [0.1, 0.15) is 11.4 Å². The third-order valence-corrected chi connectivity index (χ3v) is 18.7. The van der Waals surface area contributed by atoms with Crippen LogP contribution in [-0.4, -0.2) is 23.3 Å². The minimum atomic E-state index is 0.810. The molecule has 6 heterocycles. The van der Waals surface area contributed by atoms with Gasteiger partial charge in [0, 0.05) is 69.7 Å². The molecule has 84 heavy (non-hydrogen) atoms. The van der Waals surface area contributed by atoms with E-state index < -0.39 is 0 Å². The van der Waals surface area contributed by atoms with Gasteiger partial charge >= 0.3 is 0 Å². The first-order valence-corrected chi connectivity index (χ1v) is 29.8. The van der Waals surface area contributed by atoms with Gasteiger partial charge < -0.3 is 13.7 Å². The van der Waals surface area contributed by atoms with Crippen LogP contribution in [0.4, 0.5) is 17.2 Å². The molecule has 0 saturated carbocycles. The first-order chi connectivity index (χ1) is 41.1. The van der Waals surface area contributed by atoms with Gasteiger partial charge in [-0.05, 0) is 157 Å². The zero-order chi connectivity index (χ0) is 56.2. The van der Waals surface area contributed by atoms with E-state index in [2.05, 4.69) is 295 Å². The Hall–Kier alpha value is -10.1. The molecule has 6 nitrogen and oxygen atoms in total. The number of nitrogens with zero attached hydrogens (tertiary/aromatic N) is 6. The second-order valence-electron chi connectivity index (χ2n) is 23.2. The van der Waals surface area contributed by atoms with Crippen LogP contribution in [0.1, 0.15) is 33.4 Å². The van der Waals surface area contributed by atoms with Crippen molar-refractivity contribution in [3.63, 3.8) is 0 Å². The lowest BCUT2D eigenvalue weighted by Crippen LogP contribution is -2.21. The van der Waals surface area contributed by atoms with Gasteiger partial charge in [0.25, 0.3) is 0 Å². The maximum absolute atomic E-state index is 6.61. The summed E-state index contributed by atoms with van der Waals surface area (Å²) < 4.78 is 10.2. The second-order valence-corrected chi connectivity index (χ2v) is 24.3. The Morgan fingerprint density at radius 2 is 0.679 bits per heavy atom. The highest BCUT2D eigenvalue weighted by Crippen LogP contribution is 2.57. The molecular weight excluding hydrogens is 1040 g/mol. The summed E-state index contributed by atoms with van der Waals surface area (Å²) >= 11 is 1.82. The number of aromatic nitrogens is 5. The molecular formula is C77H56N6S. The third-order valence-electron chi connectivity index (χ3n) is 17.6. The normalized spacial score (nSPS) is 12.6. The highest BCUT2D eigenvalue weighted by Gasteiger charge is 2.37. The van der Waals surface area contributed by atoms with E-state index in [9.17, 15) is 0 Å². The quantitative estimate of drug-likeness (QED) is 0.166. The number of hydrogen-bond donors (Lipinski definition) is 0. The van der Waals surface area contributed by atoms with Gasteiger partial charge in [-0.25, -0.2) is 4.98 Å². The summed E-state index contributed by atoms with van der Waals surface area (Å²) in [6.45, 7) is 13.3. The molecule has 0 fully saturated rings. The minimum Gasteiger partial charge on any atom is -0.309 e. The van der Waals surface area contributed by atoms with Crippen LogP contribution in [-0.2, 0) is 0 Å². The molecule has 5 aromatic heterocycles. The lowest BCUT2D eigenvalue weighted by Gasteiger charge is -2.35. The van der Waals surface area contributed by atoms with Crippen molar-refractivity contribution in [3.8, 4) is 34.0 Å². The molecule has 0 radical (unpaired) electrons. The van der Waals surface area contributed by atoms with Crippen molar-refractivity contribution in [1.82, 2.24) is 23.3 Å². The smallest absolute Gasteiger partial charge is 0.165 e. The molecule has 400 valence electrons. The van der Waals surface area contributed by atoms with Crippen LogP contribution in [0, 0.1) is 41.5 Å². The van der Waals surface area contributed by atoms with Crippen molar-refractivity contribution in [1.29, 1.82) is 0 Å². The number of pyridine rings is 1. The zero-order valence-corrected chi connectivity index (χ0v) is 48.3. The van der Waals surface area contributed by atoms with Gasteiger partial charge in [0.15, 0.2) is 11.6 Å². The van der Waals surface area contributed by atoms with E-state index in [1.54, 1.807) is 0 Å². The van der Waals surface area contributed by atoms with Crippen LogP contribution >= 0.6 is 11.8 Å². The van der Waals surface area contributed by atoms with Crippen LogP contribution in [0.5, 0.6) is 0 Å². The van der Waals surface area contributed by atoms with Gasteiger partial charge in [-0.3, -0.25) is 9.47 Å². The largest absolute Gasteiger partial charge is 0.309 e. The number of benzene rings is 11. The van der Waals surface area contributed by atoms with Crippen molar-refractivity contribution in [3.05, 3.63) is 264 Å². The lowest BCUT2D eigenvalue weighted by atomic mass is 9.97. The molecule has 1 aliphatic rings. The second kappa shape index (κ2) is 18.2.